The third-order valence-electron chi connectivity index (χ3n) is 8.25. The minimum absolute atomic E-state index is 0.0430. The van der Waals surface area contributed by atoms with Crippen LogP contribution in [0, 0.1) is 0 Å². The molecule has 0 radical (unpaired) electrons. The highest BCUT2D eigenvalue weighted by Gasteiger charge is 2.29. The summed E-state index contributed by atoms with van der Waals surface area (Å²) >= 11 is 2.70. The van der Waals surface area contributed by atoms with Gasteiger partial charge in [0.15, 0.2) is 5.78 Å². The number of carbonyl (C=O) groups is 9. The number of nitrogens with one attached hydrogen (secondary N) is 1. The molecule has 1 aliphatic heterocycles. The predicted octanol–water partition coefficient (Wildman–Crippen LogP) is 3.64. The maximum Gasteiger partial charge on any atom is 0.245 e. The van der Waals surface area contributed by atoms with Gasteiger partial charge in [-0.3, -0.25) is 43.2 Å². The molecule has 1 rings (SSSR count). The maximum atomic E-state index is 14.1. The van der Waals surface area contributed by atoms with Crippen molar-refractivity contribution in [3.8, 4) is 0 Å². The van der Waals surface area contributed by atoms with Gasteiger partial charge >= 0.3 is 0 Å². The van der Waals surface area contributed by atoms with Crippen molar-refractivity contribution in [2.45, 2.75) is 104 Å². The second-order valence-electron chi connectivity index (χ2n) is 11.9. The van der Waals surface area contributed by atoms with Crippen LogP contribution in [-0.2, 0) is 43.2 Å². The number of allylic oxidation sites excluding steroid dienone is 1. The van der Waals surface area contributed by atoms with Crippen molar-refractivity contribution >= 4 is 76.1 Å². The van der Waals surface area contributed by atoms with E-state index in [0.29, 0.717) is 30.8 Å². The SMILES string of the molecule is CCC(=O)CCN(CCC(=O)CC)C(=O)CCN(CCC(=O)N(CCC(=O)CC)CCC(=O)CC)C(=O)C1CC(=O)/C=C/SCS/C=C/C(=O)N1. The number of Topliss-reactive ketones (excluding diaryl/α,β-unsaturated/α-hetero) is 4. The van der Waals surface area contributed by atoms with Gasteiger partial charge in [0.05, 0.1) is 0 Å². The summed E-state index contributed by atoms with van der Waals surface area (Å²) in [7, 11) is 0. The Balaban J connectivity index is 3.34. The van der Waals surface area contributed by atoms with Gasteiger partial charge in [0.2, 0.25) is 23.6 Å². The van der Waals surface area contributed by atoms with Gasteiger partial charge in [0.1, 0.15) is 29.2 Å². The zero-order valence-corrected chi connectivity index (χ0v) is 32.1. The fourth-order valence-electron chi connectivity index (χ4n) is 4.84. The number of hydrogen-bond acceptors (Lipinski definition) is 11. The van der Waals surface area contributed by atoms with Gasteiger partial charge in [0, 0.05) is 121 Å². The minimum atomic E-state index is -1.29. The Morgan fingerprint density at radius 3 is 1.35 bits per heavy atom. The molecule has 1 N–H and O–H groups in total. The van der Waals surface area contributed by atoms with Gasteiger partial charge in [-0.15, -0.1) is 23.5 Å². The smallest absolute Gasteiger partial charge is 0.245 e. The number of carbonyl (C=O) groups excluding carboxylic acids is 9. The molecule has 0 aromatic heterocycles. The zero-order valence-electron chi connectivity index (χ0n) is 30.4. The Bertz CT molecular complexity index is 1170. The molecule has 15 heteroatoms. The molecule has 0 spiro atoms. The number of nitrogens with zero attached hydrogens (tertiary/aromatic N) is 3. The summed E-state index contributed by atoms with van der Waals surface area (Å²) in [5, 5.41) is 6.37. The molecule has 1 aliphatic rings. The van der Waals surface area contributed by atoms with Crippen molar-refractivity contribution in [3.05, 3.63) is 23.0 Å². The summed E-state index contributed by atoms with van der Waals surface area (Å²) in [5.41, 5.74) is 0. The first-order valence-corrected chi connectivity index (χ1v) is 19.7. The van der Waals surface area contributed by atoms with E-state index in [1.54, 1.807) is 38.5 Å². The number of hydrogen-bond donors (Lipinski definition) is 1. The second kappa shape index (κ2) is 26.2. The molecule has 4 amide bonds. The Labute approximate surface area is 310 Å². The van der Waals surface area contributed by atoms with Crippen LogP contribution in [0.1, 0.15) is 98.3 Å². The lowest BCUT2D eigenvalue weighted by atomic mass is 10.1. The highest BCUT2D eigenvalue weighted by atomic mass is 32.2. The van der Waals surface area contributed by atoms with Crippen LogP contribution in [0.3, 0.4) is 0 Å². The van der Waals surface area contributed by atoms with Crippen molar-refractivity contribution < 1.29 is 43.2 Å². The van der Waals surface area contributed by atoms with Crippen LogP contribution in [0.25, 0.3) is 0 Å². The largest absolute Gasteiger partial charge is 0.342 e. The zero-order chi connectivity index (χ0) is 38.2. The van der Waals surface area contributed by atoms with E-state index in [4.69, 9.17) is 0 Å². The number of amides is 4. The van der Waals surface area contributed by atoms with E-state index in [0.717, 1.165) is 0 Å². The normalized spacial score (nSPS) is 16.1. The first-order chi connectivity index (χ1) is 24.3. The Morgan fingerprint density at radius 2 is 0.961 bits per heavy atom. The monoisotopic (exact) mass is 750 g/mol. The standard InChI is InChI=1S/C36H54N4O9S2/c1-5-27(41)9-17-38(18-10-28(42)6-2)34(47)13-21-40(22-14-35(48)39(19-11-29(43)7-3)20-12-30(44)8-4)36(49)32-25-31(45)15-23-50-26-51-24-16-33(46)37-32/h15-16,23-24,32H,5-14,17-22,25-26H2,1-4H3,(H,37,46)/b23-15+,24-16+. The van der Waals surface area contributed by atoms with E-state index in [2.05, 4.69) is 5.32 Å². The van der Waals surface area contributed by atoms with Crippen molar-refractivity contribution in [2.75, 3.05) is 44.4 Å². The molecule has 51 heavy (non-hydrogen) atoms. The molecule has 0 aromatic carbocycles. The molecule has 0 aliphatic carbocycles. The fraction of sp³-hybridized carbons (Fsp3) is 0.639. The van der Waals surface area contributed by atoms with E-state index in [9.17, 15) is 43.2 Å². The lowest BCUT2D eigenvalue weighted by Gasteiger charge is -2.30. The number of ketones is 5. The van der Waals surface area contributed by atoms with E-state index in [-0.39, 0.29) is 107 Å². The van der Waals surface area contributed by atoms with E-state index in [1.165, 1.54) is 50.4 Å². The van der Waals surface area contributed by atoms with E-state index in [1.807, 2.05) is 0 Å². The van der Waals surface area contributed by atoms with Crippen LogP contribution in [0.15, 0.2) is 23.0 Å². The first kappa shape index (κ1) is 45.4. The summed E-state index contributed by atoms with van der Waals surface area (Å²) in [6.07, 6.45) is 3.50. The number of rotatable bonds is 23. The van der Waals surface area contributed by atoms with E-state index >= 15 is 0 Å². The second-order valence-corrected chi connectivity index (χ2v) is 14.1. The highest BCUT2D eigenvalue weighted by molar-refractivity contribution is 8.18. The molecule has 1 unspecified atom stereocenters. The molecule has 1 atom stereocenters. The van der Waals surface area contributed by atoms with Crippen LogP contribution >= 0.6 is 23.5 Å². The summed E-state index contributed by atoms with van der Waals surface area (Å²) in [4.78, 5) is 119. The van der Waals surface area contributed by atoms with Crippen LogP contribution in [0.5, 0.6) is 0 Å². The summed E-state index contributed by atoms with van der Waals surface area (Å²) in [6, 6.07) is -1.29. The maximum absolute atomic E-state index is 14.1. The molecule has 0 saturated carbocycles. The molecule has 0 saturated heterocycles. The average molecular weight is 751 g/mol. The molecular weight excluding hydrogens is 697 g/mol. The first-order valence-electron chi connectivity index (χ1n) is 17.7. The van der Waals surface area contributed by atoms with Crippen LogP contribution in [-0.4, -0.2) is 118 Å². The van der Waals surface area contributed by atoms with Gasteiger partial charge in [-0.05, 0) is 16.9 Å². The number of thioether (sulfide) groups is 2. The van der Waals surface area contributed by atoms with Crippen molar-refractivity contribution in [1.82, 2.24) is 20.0 Å². The molecule has 0 bridgehead atoms. The Morgan fingerprint density at radius 1 is 0.588 bits per heavy atom. The third kappa shape index (κ3) is 19.6. The van der Waals surface area contributed by atoms with E-state index < -0.39 is 35.5 Å². The molecule has 1 heterocycles. The predicted molar refractivity (Wildman–Crippen MR) is 199 cm³/mol. The van der Waals surface area contributed by atoms with Crippen LogP contribution in [0.4, 0.5) is 0 Å². The molecular formula is C36H54N4O9S2. The fourth-order valence-corrected chi connectivity index (χ4v) is 6.25. The van der Waals surface area contributed by atoms with Gasteiger partial charge in [-0.1, -0.05) is 27.7 Å². The highest BCUT2D eigenvalue weighted by Crippen LogP contribution is 2.16. The molecule has 0 fully saturated rings. The summed E-state index contributed by atoms with van der Waals surface area (Å²) in [5.74, 6) is -2.63. The van der Waals surface area contributed by atoms with Gasteiger partial charge < -0.3 is 20.0 Å². The van der Waals surface area contributed by atoms with Crippen molar-refractivity contribution in [2.24, 2.45) is 0 Å². The Hall–Kier alpha value is -3.59. The Kier molecular flexibility index (Phi) is 23.4. The molecule has 284 valence electrons. The third-order valence-corrected chi connectivity index (χ3v) is 10.00. The quantitative estimate of drug-likeness (QED) is 0.161. The molecule has 0 aromatic rings. The van der Waals surface area contributed by atoms with Crippen LogP contribution in [0.2, 0.25) is 0 Å². The van der Waals surface area contributed by atoms with Gasteiger partial charge in [-0.2, -0.15) is 0 Å². The topological polar surface area (TPSA) is 175 Å². The van der Waals surface area contributed by atoms with Gasteiger partial charge in [0.25, 0.3) is 0 Å². The van der Waals surface area contributed by atoms with Crippen molar-refractivity contribution in [1.29, 1.82) is 0 Å². The lowest BCUT2D eigenvalue weighted by Crippen LogP contribution is -2.51. The minimum Gasteiger partial charge on any atom is -0.342 e. The van der Waals surface area contributed by atoms with Crippen molar-refractivity contribution in [3.63, 3.8) is 0 Å². The molecule has 13 nitrogen and oxygen atoms in total. The lowest BCUT2D eigenvalue weighted by molar-refractivity contribution is -0.139. The summed E-state index contributed by atoms with van der Waals surface area (Å²) in [6.45, 7) is 6.98. The average Bonchev–Trinajstić information content (AvgIpc) is 3.12. The van der Waals surface area contributed by atoms with Crippen LogP contribution < -0.4 is 5.32 Å². The summed E-state index contributed by atoms with van der Waals surface area (Å²) < 4.78 is 0. The van der Waals surface area contributed by atoms with Gasteiger partial charge in [-0.25, -0.2) is 0 Å².